The van der Waals surface area contributed by atoms with Crippen LogP contribution in [-0.2, 0) is 9.49 Å². The van der Waals surface area contributed by atoms with Crippen LogP contribution in [-0.4, -0.2) is 21.6 Å². The Bertz CT molecular complexity index is 1630. The van der Waals surface area contributed by atoms with Crippen molar-refractivity contribution in [2.75, 3.05) is 6.54 Å². The van der Waals surface area contributed by atoms with Gasteiger partial charge in [-0.05, 0) is 46.2 Å². The highest BCUT2D eigenvalue weighted by Crippen LogP contribution is 2.57. The molecule has 0 heterocycles. The molecule has 0 bridgehead atoms. The van der Waals surface area contributed by atoms with E-state index in [1.54, 1.807) is 0 Å². The lowest BCUT2D eigenvalue weighted by atomic mass is 9.81. The predicted octanol–water partition coefficient (Wildman–Crippen LogP) is 11.4. The molecule has 0 saturated heterocycles. The van der Waals surface area contributed by atoms with Crippen LogP contribution in [0.1, 0.15) is 73.9 Å². The van der Waals surface area contributed by atoms with E-state index in [0.29, 0.717) is 6.54 Å². The maximum Gasteiger partial charge on any atom is 0.0912 e. The Labute approximate surface area is 320 Å². The predicted molar refractivity (Wildman–Crippen MR) is 227 cm³/mol. The smallest absolute Gasteiger partial charge is 0.0912 e. The number of rotatable bonds is 15. The standard InChI is InChI=1S/C48H52N2S2/c1-44(2,51-47(38-23-11-5-12-24-38,39-25-13-6-14-26-39)40-27-15-7-16-28-40)35-46(50,37-49)36-45(3,4)52-48(41-29-17-8-18-30-41,42-31-19-9-20-32-42)43-33-21-10-22-34-43/h5-34H,35-37,49-50H2,1-4H3. The van der Waals surface area contributed by atoms with Gasteiger partial charge in [-0.3, -0.25) is 0 Å². The molecule has 2 nitrogen and oxygen atoms in total. The van der Waals surface area contributed by atoms with Crippen molar-refractivity contribution in [3.63, 3.8) is 0 Å². The maximum atomic E-state index is 7.59. The Morgan fingerprint density at radius 1 is 0.365 bits per heavy atom. The second-order valence-electron chi connectivity index (χ2n) is 15.2. The van der Waals surface area contributed by atoms with Crippen LogP contribution in [0, 0.1) is 0 Å². The van der Waals surface area contributed by atoms with Crippen molar-refractivity contribution in [3.05, 3.63) is 215 Å². The lowest BCUT2D eigenvalue weighted by Gasteiger charge is -2.47. The van der Waals surface area contributed by atoms with Crippen molar-refractivity contribution in [1.82, 2.24) is 0 Å². The van der Waals surface area contributed by atoms with Crippen LogP contribution in [0.5, 0.6) is 0 Å². The van der Waals surface area contributed by atoms with E-state index in [1.807, 2.05) is 23.5 Å². The van der Waals surface area contributed by atoms with E-state index < -0.39 is 15.0 Å². The fourth-order valence-electron chi connectivity index (χ4n) is 8.19. The van der Waals surface area contributed by atoms with Crippen molar-refractivity contribution in [3.8, 4) is 0 Å². The van der Waals surface area contributed by atoms with Gasteiger partial charge in [-0.1, -0.05) is 210 Å². The largest absolute Gasteiger partial charge is 0.329 e. The summed E-state index contributed by atoms with van der Waals surface area (Å²) in [6.07, 6.45) is 1.46. The van der Waals surface area contributed by atoms with Gasteiger partial charge in [0.1, 0.15) is 0 Å². The summed E-state index contributed by atoms with van der Waals surface area (Å²) in [6.45, 7) is 9.77. The average molecular weight is 721 g/mol. The SMILES string of the molecule is CC(C)(CC(N)(CN)CC(C)(C)SC(c1ccccc1)(c1ccccc1)c1ccccc1)SC(c1ccccc1)(c1ccccc1)c1ccccc1. The first-order valence-electron chi connectivity index (χ1n) is 18.2. The molecular weight excluding hydrogens is 669 g/mol. The lowest BCUT2D eigenvalue weighted by molar-refractivity contribution is 0.316. The third-order valence-electron chi connectivity index (χ3n) is 9.90. The molecule has 0 aliphatic rings. The zero-order valence-electron chi connectivity index (χ0n) is 30.9. The van der Waals surface area contributed by atoms with Crippen LogP contribution in [0.4, 0.5) is 0 Å². The van der Waals surface area contributed by atoms with Crippen molar-refractivity contribution in [2.24, 2.45) is 11.5 Å². The Kier molecular flexibility index (Phi) is 11.5. The molecule has 4 heteroatoms. The summed E-state index contributed by atoms with van der Waals surface area (Å²) in [6, 6.07) is 65.5. The number of hydrogen-bond donors (Lipinski definition) is 2. The van der Waals surface area contributed by atoms with Gasteiger partial charge in [-0.2, -0.15) is 0 Å². The molecule has 0 unspecified atom stereocenters. The summed E-state index contributed by atoms with van der Waals surface area (Å²) in [5.74, 6) is 0. The number of benzene rings is 6. The van der Waals surface area contributed by atoms with E-state index in [9.17, 15) is 0 Å². The van der Waals surface area contributed by atoms with E-state index in [0.717, 1.165) is 12.8 Å². The first kappa shape index (κ1) is 37.7. The fraction of sp³-hybridized carbons (Fsp3) is 0.250. The summed E-state index contributed by atoms with van der Waals surface area (Å²) < 4.78 is -1.47. The van der Waals surface area contributed by atoms with Crippen molar-refractivity contribution < 1.29 is 0 Å². The molecule has 4 N–H and O–H groups in total. The highest BCUT2D eigenvalue weighted by Gasteiger charge is 2.48. The highest BCUT2D eigenvalue weighted by atomic mass is 32.2. The fourth-order valence-corrected chi connectivity index (χ4v) is 12.1. The highest BCUT2D eigenvalue weighted by molar-refractivity contribution is 8.02. The molecule has 0 amide bonds. The Hall–Kier alpha value is -4.06. The first-order chi connectivity index (χ1) is 25.0. The van der Waals surface area contributed by atoms with Crippen LogP contribution in [0.15, 0.2) is 182 Å². The third kappa shape index (κ3) is 8.11. The second kappa shape index (κ2) is 15.9. The molecule has 266 valence electrons. The average Bonchev–Trinajstić information content (AvgIpc) is 3.17. The molecule has 6 aromatic rings. The molecule has 0 spiro atoms. The minimum absolute atomic E-state index is 0.272. The molecule has 0 saturated carbocycles. The van der Waals surface area contributed by atoms with Crippen LogP contribution < -0.4 is 11.5 Å². The van der Waals surface area contributed by atoms with Gasteiger partial charge >= 0.3 is 0 Å². The van der Waals surface area contributed by atoms with E-state index >= 15 is 0 Å². The van der Waals surface area contributed by atoms with Crippen molar-refractivity contribution >= 4 is 23.5 Å². The van der Waals surface area contributed by atoms with Crippen LogP contribution >= 0.6 is 23.5 Å². The van der Waals surface area contributed by atoms with Crippen molar-refractivity contribution in [1.29, 1.82) is 0 Å². The molecule has 52 heavy (non-hydrogen) atoms. The molecule has 0 atom stereocenters. The summed E-state index contributed by atoms with van der Waals surface area (Å²) in [5, 5.41) is 0. The minimum atomic E-state index is -0.640. The zero-order chi connectivity index (χ0) is 36.7. The minimum Gasteiger partial charge on any atom is -0.329 e. The van der Waals surface area contributed by atoms with Crippen molar-refractivity contribution in [2.45, 2.75) is 65.1 Å². The third-order valence-corrected chi connectivity index (χ3v) is 13.3. The van der Waals surface area contributed by atoms with Gasteiger partial charge in [0.15, 0.2) is 0 Å². The molecule has 0 aliphatic carbocycles. The van der Waals surface area contributed by atoms with Gasteiger partial charge in [-0.25, -0.2) is 0 Å². The van der Waals surface area contributed by atoms with Crippen LogP contribution in [0.2, 0.25) is 0 Å². The Morgan fingerprint density at radius 3 is 0.731 bits per heavy atom. The van der Waals surface area contributed by atoms with Crippen LogP contribution in [0.25, 0.3) is 0 Å². The quantitative estimate of drug-likeness (QED) is 0.104. The molecule has 0 radical (unpaired) electrons. The summed E-state index contributed by atoms with van der Waals surface area (Å²) in [4.78, 5) is 0. The summed E-state index contributed by atoms with van der Waals surface area (Å²) >= 11 is 3.97. The summed E-state index contributed by atoms with van der Waals surface area (Å²) in [7, 11) is 0. The van der Waals surface area contributed by atoms with Crippen LogP contribution in [0.3, 0.4) is 0 Å². The first-order valence-corrected chi connectivity index (χ1v) is 19.9. The van der Waals surface area contributed by atoms with Gasteiger partial charge in [0.25, 0.3) is 0 Å². The maximum absolute atomic E-state index is 7.59. The van der Waals surface area contributed by atoms with E-state index in [2.05, 4.69) is 210 Å². The van der Waals surface area contributed by atoms with Gasteiger partial charge < -0.3 is 11.5 Å². The Morgan fingerprint density at radius 2 is 0.558 bits per heavy atom. The number of thioether (sulfide) groups is 2. The van der Waals surface area contributed by atoms with Gasteiger partial charge in [0.2, 0.25) is 0 Å². The van der Waals surface area contributed by atoms with E-state index in [1.165, 1.54) is 33.4 Å². The number of nitrogens with two attached hydrogens (primary N) is 2. The molecule has 0 fully saturated rings. The molecular formula is C48H52N2S2. The zero-order valence-corrected chi connectivity index (χ0v) is 32.5. The van der Waals surface area contributed by atoms with Gasteiger partial charge in [0.05, 0.1) is 9.49 Å². The molecule has 6 aromatic carbocycles. The topological polar surface area (TPSA) is 52.0 Å². The Balaban J connectivity index is 1.39. The summed E-state index contributed by atoms with van der Waals surface area (Å²) in [5.41, 5.74) is 21.2. The molecule has 6 rings (SSSR count). The normalized spacial score (nSPS) is 12.8. The van der Waals surface area contributed by atoms with E-state index in [-0.39, 0.29) is 9.49 Å². The molecule has 0 aliphatic heterocycles. The van der Waals surface area contributed by atoms with Gasteiger partial charge in [-0.15, -0.1) is 23.5 Å². The monoisotopic (exact) mass is 720 g/mol. The molecule has 0 aromatic heterocycles. The second-order valence-corrected chi connectivity index (χ2v) is 19.0. The lowest BCUT2D eigenvalue weighted by Crippen LogP contribution is -2.55. The van der Waals surface area contributed by atoms with Gasteiger partial charge in [0, 0.05) is 21.6 Å². The van der Waals surface area contributed by atoms with E-state index in [4.69, 9.17) is 11.5 Å². The number of hydrogen-bond acceptors (Lipinski definition) is 4.